The predicted molar refractivity (Wildman–Crippen MR) is 74.3 cm³/mol. The molecule has 17 heavy (non-hydrogen) atoms. The zero-order valence-electron chi connectivity index (χ0n) is 11.0. The Balaban J connectivity index is 2.29. The summed E-state index contributed by atoms with van der Waals surface area (Å²) in [5, 5.41) is 2.92. The molecule has 0 bridgehead atoms. The summed E-state index contributed by atoms with van der Waals surface area (Å²) in [4.78, 5) is 13.8. The molecule has 100 valence electrons. The minimum atomic E-state index is 0.149. The Hall–Kier alpha value is -0.260. The van der Waals surface area contributed by atoms with E-state index >= 15 is 0 Å². The van der Waals surface area contributed by atoms with E-state index in [1.54, 1.807) is 0 Å². The molecule has 0 radical (unpaired) electrons. The molecule has 0 atom stereocenters. The number of nitrogens with one attached hydrogen (secondary N) is 1. The third-order valence-corrected chi connectivity index (χ3v) is 4.95. The molecule has 0 saturated carbocycles. The van der Waals surface area contributed by atoms with Gasteiger partial charge in [0.2, 0.25) is 5.91 Å². The third-order valence-electron chi connectivity index (χ3n) is 3.51. The average Bonchev–Trinajstić information content (AvgIpc) is 2.38. The van der Waals surface area contributed by atoms with Crippen LogP contribution in [-0.2, 0) is 4.79 Å². The second-order valence-corrected chi connectivity index (χ2v) is 5.99. The number of amides is 1. The van der Waals surface area contributed by atoms with E-state index in [9.17, 15) is 4.79 Å². The van der Waals surface area contributed by atoms with E-state index in [1.165, 1.54) is 0 Å². The number of hydrogen-bond acceptors (Lipinski definition) is 4. The number of rotatable bonds is 6. The second kappa shape index (κ2) is 7.24. The molecule has 0 aromatic rings. The Labute approximate surface area is 109 Å². The van der Waals surface area contributed by atoms with Crippen LogP contribution in [0, 0.1) is 0 Å². The predicted octanol–water partition coefficient (Wildman–Crippen LogP) is 0.669. The van der Waals surface area contributed by atoms with Crippen LogP contribution in [0.2, 0.25) is 0 Å². The quantitative estimate of drug-likeness (QED) is 0.736. The van der Waals surface area contributed by atoms with Crippen LogP contribution in [0.15, 0.2) is 0 Å². The molecular weight excluding hydrogens is 234 g/mol. The summed E-state index contributed by atoms with van der Waals surface area (Å²) in [6.07, 6.45) is 5.31. The fourth-order valence-corrected chi connectivity index (χ4v) is 2.89. The van der Waals surface area contributed by atoms with E-state index in [2.05, 4.69) is 23.4 Å². The van der Waals surface area contributed by atoms with Crippen LogP contribution < -0.4 is 11.1 Å². The molecule has 1 amide bonds. The highest BCUT2D eigenvalue weighted by molar-refractivity contribution is 8.00. The maximum absolute atomic E-state index is 11.6. The van der Waals surface area contributed by atoms with E-state index in [0.29, 0.717) is 6.54 Å². The monoisotopic (exact) mass is 259 g/mol. The molecule has 5 heteroatoms. The van der Waals surface area contributed by atoms with Crippen molar-refractivity contribution in [2.24, 2.45) is 5.73 Å². The van der Waals surface area contributed by atoms with E-state index in [1.807, 2.05) is 11.8 Å². The number of thioether (sulfide) groups is 1. The molecule has 1 saturated heterocycles. The number of hydrogen-bond donors (Lipinski definition) is 2. The molecule has 0 aliphatic carbocycles. The first-order valence-corrected chi connectivity index (χ1v) is 7.62. The van der Waals surface area contributed by atoms with Gasteiger partial charge in [-0.15, -0.1) is 0 Å². The zero-order chi connectivity index (χ0) is 12.7. The Kier molecular flexibility index (Phi) is 6.30. The van der Waals surface area contributed by atoms with Gasteiger partial charge in [-0.2, -0.15) is 11.8 Å². The molecule has 0 spiro atoms. The lowest BCUT2D eigenvalue weighted by Crippen LogP contribution is -2.49. The van der Waals surface area contributed by atoms with Crippen molar-refractivity contribution in [3.63, 3.8) is 0 Å². The van der Waals surface area contributed by atoms with Gasteiger partial charge in [0.05, 0.1) is 6.54 Å². The minimum absolute atomic E-state index is 0.149. The number of likely N-dealkylation sites (tertiary alicyclic amines) is 1. The van der Waals surface area contributed by atoms with E-state index in [4.69, 9.17) is 5.73 Å². The molecule has 0 aromatic carbocycles. The summed E-state index contributed by atoms with van der Waals surface area (Å²) >= 11 is 1.88. The fraction of sp³-hybridized carbons (Fsp3) is 0.917. The number of nitrogens with zero attached hydrogens (tertiary/aromatic N) is 1. The number of carbonyl (C=O) groups is 1. The summed E-state index contributed by atoms with van der Waals surface area (Å²) < 4.78 is 0.246. The van der Waals surface area contributed by atoms with Gasteiger partial charge >= 0.3 is 0 Å². The van der Waals surface area contributed by atoms with Crippen molar-refractivity contribution in [1.29, 1.82) is 0 Å². The molecule has 1 heterocycles. The smallest absolute Gasteiger partial charge is 0.234 e. The minimum Gasteiger partial charge on any atom is -0.355 e. The topological polar surface area (TPSA) is 58.4 Å². The summed E-state index contributed by atoms with van der Waals surface area (Å²) in [6, 6.07) is 0. The van der Waals surface area contributed by atoms with Crippen molar-refractivity contribution in [3.05, 3.63) is 0 Å². The third kappa shape index (κ3) is 4.48. The van der Waals surface area contributed by atoms with Crippen molar-refractivity contribution in [3.8, 4) is 0 Å². The van der Waals surface area contributed by atoms with Crippen molar-refractivity contribution < 1.29 is 4.79 Å². The molecule has 1 fully saturated rings. The van der Waals surface area contributed by atoms with Crippen LogP contribution in [0.4, 0.5) is 0 Å². The van der Waals surface area contributed by atoms with Gasteiger partial charge in [0.1, 0.15) is 0 Å². The largest absolute Gasteiger partial charge is 0.355 e. The highest BCUT2D eigenvalue weighted by Crippen LogP contribution is 2.33. The molecule has 0 aromatic heterocycles. The van der Waals surface area contributed by atoms with Crippen molar-refractivity contribution in [1.82, 2.24) is 10.2 Å². The average molecular weight is 259 g/mol. The Morgan fingerprint density at radius 3 is 2.59 bits per heavy atom. The summed E-state index contributed by atoms with van der Waals surface area (Å²) in [5.74, 6) is 0.149. The lowest BCUT2D eigenvalue weighted by atomic mass is 9.96. The summed E-state index contributed by atoms with van der Waals surface area (Å²) in [7, 11) is 0. The van der Waals surface area contributed by atoms with Crippen LogP contribution >= 0.6 is 11.8 Å². The molecule has 4 nitrogen and oxygen atoms in total. The van der Waals surface area contributed by atoms with Gasteiger partial charge in [0.25, 0.3) is 0 Å². The van der Waals surface area contributed by atoms with Crippen LogP contribution in [0.3, 0.4) is 0 Å². The Morgan fingerprint density at radius 1 is 1.47 bits per heavy atom. The number of nitrogens with two attached hydrogens (primary N) is 1. The van der Waals surface area contributed by atoms with Gasteiger partial charge in [-0.05, 0) is 25.5 Å². The first kappa shape index (κ1) is 14.8. The van der Waals surface area contributed by atoms with Crippen LogP contribution in [0.1, 0.15) is 26.2 Å². The summed E-state index contributed by atoms with van der Waals surface area (Å²) in [5.41, 5.74) is 5.84. The van der Waals surface area contributed by atoms with Gasteiger partial charge < -0.3 is 11.1 Å². The molecular formula is C12H25N3OS. The van der Waals surface area contributed by atoms with Gasteiger partial charge in [0, 0.05) is 30.9 Å². The van der Waals surface area contributed by atoms with Crippen molar-refractivity contribution in [2.75, 3.05) is 39.0 Å². The van der Waals surface area contributed by atoms with Crippen LogP contribution in [0.25, 0.3) is 0 Å². The fourth-order valence-electron chi connectivity index (χ4n) is 2.13. The lowest BCUT2D eigenvalue weighted by Gasteiger charge is -2.39. The maximum atomic E-state index is 11.6. The van der Waals surface area contributed by atoms with Gasteiger partial charge in [0.15, 0.2) is 0 Å². The SMILES string of the molecule is CCCNC(=O)CN1CCC(CN)(SC)CC1. The standard InChI is InChI=1S/C12H25N3OS/c1-3-6-14-11(16)9-15-7-4-12(10-13,17-2)5-8-15/h3-10,13H2,1-2H3,(H,14,16). The maximum Gasteiger partial charge on any atom is 0.234 e. The number of carbonyl (C=O) groups excluding carboxylic acids is 1. The van der Waals surface area contributed by atoms with Crippen LogP contribution in [0.5, 0.6) is 0 Å². The normalized spacial score (nSPS) is 20.2. The Bertz CT molecular complexity index is 234. The lowest BCUT2D eigenvalue weighted by molar-refractivity contribution is -0.122. The molecule has 0 unspecified atom stereocenters. The van der Waals surface area contributed by atoms with Crippen molar-refractivity contribution >= 4 is 17.7 Å². The summed E-state index contributed by atoms with van der Waals surface area (Å²) in [6.45, 7) is 6.09. The molecule has 3 N–H and O–H groups in total. The van der Waals surface area contributed by atoms with E-state index in [0.717, 1.165) is 45.4 Å². The molecule has 1 aliphatic heterocycles. The number of piperidine rings is 1. The molecule has 1 aliphatic rings. The molecule has 1 rings (SSSR count). The zero-order valence-corrected chi connectivity index (χ0v) is 11.8. The van der Waals surface area contributed by atoms with E-state index < -0.39 is 0 Å². The van der Waals surface area contributed by atoms with Crippen LogP contribution in [-0.4, -0.2) is 54.5 Å². The highest BCUT2D eigenvalue weighted by atomic mass is 32.2. The Morgan fingerprint density at radius 2 is 2.12 bits per heavy atom. The highest BCUT2D eigenvalue weighted by Gasteiger charge is 2.32. The first-order valence-electron chi connectivity index (χ1n) is 6.40. The van der Waals surface area contributed by atoms with E-state index in [-0.39, 0.29) is 10.7 Å². The van der Waals surface area contributed by atoms with Gasteiger partial charge in [-0.3, -0.25) is 9.69 Å². The second-order valence-electron chi connectivity index (χ2n) is 4.72. The first-order chi connectivity index (χ1) is 8.15. The van der Waals surface area contributed by atoms with Gasteiger partial charge in [-0.1, -0.05) is 6.92 Å². The van der Waals surface area contributed by atoms with Gasteiger partial charge in [-0.25, -0.2) is 0 Å². The van der Waals surface area contributed by atoms with Crippen molar-refractivity contribution in [2.45, 2.75) is 30.9 Å².